The molecule has 0 aliphatic carbocycles. The van der Waals surface area contributed by atoms with Crippen LogP contribution in [0.4, 0.5) is 0 Å². The van der Waals surface area contributed by atoms with Crippen LogP contribution >= 0.6 is 0 Å². The van der Waals surface area contributed by atoms with Crippen molar-refractivity contribution in [3.05, 3.63) is 32.6 Å². The van der Waals surface area contributed by atoms with Gasteiger partial charge in [0.2, 0.25) is 0 Å². The van der Waals surface area contributed by atoms with Gasteiger partial charge < -0.3 is 4.74 Å². The highest BCUT2D eigenvalue weighted by atomic mass is 16.5. The van der Waals surface area contributed by atoms with Gasteiger partial charge in [0.25, 0.3) is 5.56 Å². The lowest BCUT2D eigenvalue weighted by atomic mass is 10.3. The minimum absolute atomic E-state index is 0.0497. The summed E-state index contributed by atoms with van der Waals surface area (Å²) in [5.41, 5.74) is -1.17. The van der Waals surface area contributed by atoms with Crippen molar-refractivity contribution in [2.45, 2.75) is 19.4 Å². The molecule has 0 bridgehead atoms. The summed E-state index contributed by atoms with van der Waals surface area (Å²) in [5, 5.41) is 8.64. The largest absolute Gasteiger partial charge is 0.385 e. The standard InChI is InChI=1S/C10H13N3O3/c1-16-5-3-2-4-13-7-8(6-11)9(14)12-10(13)15/h7H,2-5H2,1H3,(H,12,14,15). The third-order valence-corrected chi connectivity index (χ3v) is 2.13. The van der Waals surface area contributed by atoms with E-state index in [0.29, 0.717) is 13.2 Å². The van der Waals surface area contributed by atoms with Gasteiger partial charge >= 0.3 is 5.69 Å². The monoisotopic (exact) mass is 223 g/mol. The fourth-order valence-corrected chi connectivity index (χ4v) is 1.28. The number of hydrogen-bond donors (Lipinski definition) is 1. The maximum absolute atomic E-state index is 11.3. The summed E-state index contributed by atoms with van der Waals surface area (Å²) in [4.78, 5) is 24.5. The third kappa shape index (κ3) is 3.07. The number of aromatic nitrogens is 2. The third-order valence-electron chi connectivity index (χ3n) is 2.13. The first-order chi connectivity index (χ1) is 7.69. The summed E-state index contributed by atoms with van der Waals surface area (Å²) in [6.07, 6.45) is 2.86. The van der Waals surface area contributed by atoms with Gasteiger partial charge in [0.05, 0.1) is 0 Å². The van der Waals surface area contributed by atoms with Crippen molar-refractivity contribution in [1.29, 1.82) is 5.26 Å². The lowest BCUT2D eigenvalue weighted by Crippen LogP contribution is -2.31. The maximum atomic E-state index is 11.3. The van der Waals surface area contributed by atoms with E-state index in [2.05, 4.69) is 4.98 Å². The van der Waals surface area contributed by atoms with Crippen LogP contribution < -0.4 is 11.2 Å². The Morgan fingerprint density at radius 1 is 1.50 bits per heavy atom. The molecule has 1 aromatic heterocycles. The second kappa shape index (κ2) is 5.88. The number of H-pyrrole nitrogens is 1. The van der Waals surface area contributed by atoms with Gasteiger partial charge in [-0.05, 0) is 12.8 Å². The molecule has 1 N–H and O–H groups in total. The summed E-state index contributed by atoms with van der Waals surface area (Å²) < 4.78 is 6.21. The molecule has 16 heavy (non-hydrogen) atoms. The van der Waals surface area contributed by atoms with Crippen molar-refractivity contribution in [3.63, 3.8) is 0 Å². The molecule has 1 aromatic rings. The van der Waals surface area contributed by atoms with Gasteiger partial charge in [-0.1, -0.05) is 0 Å². The van der Waals surface area contributed by atoms with Crippen molar-refractivity contribution < 1.29 is 4.74 Å². The molecule has 0 fully saturated rings. The molecule has 86 valence electrons. The number of nitriles is 1. The Bertz CT molecular complexity index is 495. The number of aromatic amines is 1. The Morgan fingerprint density at radius 3 is 2.88 bits per heavy atom. The molecule has 0 atom stereocenters. The van der Waals surface area contributed by atoms with Crippen LogP contribution in [0.3, 0.4) is 0 Å². The van der Waals surface area contributed by atoms with Crippen LogP contribution in [0, 0.1) is 11.3 Å². The molecule has 0 aliphatic rings. The molecule has 0 saturated heterocycles. The molecule has 0 saturated carbocycles. The van der Waals surface area contributed by atoms with Gasteiger partial charge in [0.1, 0.15) is 11.6 Å². The van der Waals surface area contributed by atoms with Crippen molar-refractivity contribution in [3.8, 4) is 6.07 Å². The number of unbranched alkanes of at least 4 members (excludes halogenated alkanes) is 1. The first-order valence-electron chi connectivity index (χ1n) is 4.92. The number of ether oxygens (including phenoxy) is 1. The Hall–Kier alpha value is -1.87. The van der Waals surface area contributed by atoms with Crippen LogP contribution in [-0.4, -0.2) is 23.3 Å². The molecule has 0 aromatic carbocycles. The lowest BCUT2D eigenvalue weighted by molar-refractivity contribution is 0.191. The highest BCUT2D eigenvalue weighted by molar-refractivity contribution is 5.21. The SMILES string of the molecule is COCCCCn1cc(C#N)c(=O)[nH]c1=O. The first-order valence-corrected chi connectivity index (χ1v) is 4.92. The lowest BCUT2D eigenvalue weighted by Gasteiger charge is -2.04. The van der Waals surface area contributed by atoms with E-state index in [1.807, 2.05) is 0 Å². The van der Waals surface area contributed by atoms with Crippen LogP contribution in [-0.2, 0) is 11.3 Å². The van der Waals surface area contributed by atoms with Gasteiger partial charge in [-0.2, -0.15) is 5.26 Å². The summed E-state index contributed by atoms with van der Waals surface area (Å²) >= 11 is 0. The van der Waals surface area contributed by atoms with Crippen molar-refractivity contribution in [1.82, 2.24) is 9.55 Å². The molecule has 0 spiro atoms. The Morgan fingerprint density at radius 2 is 2.25 bits per heavy atom. The van der Waals surface area contributed by atoms with E-state index >= 15 is 0 Å². The zero-order valence-corrected chi connectivity index (χ0v) is 9.02. The van der Waals surface area contributed by atoms with Crippen LogP contribution in [0.2, 0.25) is 0 Å². The van der Waals surface area contributed by atoms with E-state index in [-0.39, 0.29) is 5.56 Å². The topological polar surface area (TPSA) is 87.9 Å². The number of nitrogens with one attached hydrogen (secondary N) is 1. The van der Waals surface area contributed by atoms with Crippen LogP contribution in [0.5, 0.6) is 0 Å². The number of rotatable bonds is 5. The van der Waals surface area contributed by atoms with Crippen molar-refractivity contribution >= 4 is 0 Å². The van der Waals surface area contributed by atoms with Crippen molar-refractivity contribution in [2.75, 3.05) is 13.7 Å². The van der Waals surface area contributed by atoms with E-state index in [0.717, 1.165) is 12.8 Å². The summed E-state index contributed by atoms with van der Waals surface area (Å²) in [7, 11) is 1.61. The van der Waals surface area contributed by atoms with E-state index < -0.39 is 11.2 Å². The summed E-state index contributed by atoms with van der Waals surface area (Å²) in [6, 6.07) is 1.74. The molecule has 0 radical (unpaired) electrons. The van der Waals surface area contributed by atoms with Gasteiger partial charge in [0, 0.05) is 26.5 Å². The van der Waals surface area contributed by atoms with E-state index in [4.69, 9.17) is 10.00 Å². The molecule has 0 amide bonds. The quantitative estimate of drug-likeness (QED) is 0.702. The van der Waals surface area contributed by atoms with Gasteiger partial charge in [-0.3, -0.25) is 14.3 Å². The fraction of sp³-hybridized carbons (Fsp3) is 0.500. The van der Waals surface area contributed by atoms with Gasteiger partial charge in [-0.25, -0.2) is 4.79 Å². The normalized spacial score (nSPS) is 10.0. The van der Waals surface area contributed by atoms with Gasteiger partial charge in [0.15, 0.2) is 0 Å². The maximum Gasteiger partial charge on any atom is 0.328 e. The minimum atomic E-state index is -0.638. The Kier molecular flexibility index (Phi) is 4.48. The zero-order valence-electron chi connectivity index (χ0n) is 9.02. The molecule has 0 unspecified atom stereocenters. The molecular formula is C10H13N3O3. The predicted octanol–water partition coefficient (Wildman–Crippen LogP) is -0.165. The van der Waals surface area contributed by atoms with Crippen LogP contribution in [0.15, 0.2) is 15.8 Å². The van der Waals surface area contributed by atoms with E-state index in [9.17, 15) is 9.59 Å². The van der Waals surface area contributed by atoms with Crippen LogP contribution in [0.25, 0.3) is 0 Å². The second-order valence-corrected chi connectivity index (χ2v) is 3.31. The average Bonchev–Trinajstić information content (AvgIpc) is 2.27. The highest BCUT2D eigenvalue weighted by Crippen LogP contribution is 1.93. The molecular weight excluding hydrogens is 210 g/mol. The summed E-state index contributed by atoms with van der Waals surface area (Å²) in [5.74, 6) is 0. The Labute approximate surface area is 92.1 Å². The highest BCUT2D eigenvalue weighted by Gasteiger charge is 2.03. The molecule has 6 heteroatoms. The minimum Gasteiger partial charge on any atom is -0.385 e. The number of hydrogen-bond acceptors (Lipinski definition) is 4. The zero-order chi connectivity index (χ0) is 12.0. The van der Waals surface area contributed by atoms with Crippen molar-refractivity contribution in [2.24, 2.45) is 0 Å². The predicted molar refractivity (Wildman–Crippen MR) is 57.1 cm³/mol. The number of aryl methyl sites for hydroxylation is 1. The van der Waals surface area contributed by atoms with Gasteiger partial charge in [-0.15, -0.1) is 0 Å². The molecule has 6 nitrogen and oxygen atoms in total. The number of nitrogens with zero attached hydrogens (tertiary/aromatic N) is 2. The fourth-order valence-electron chi connectivity index (χ4n) is 1.28. The second-order valence-electron chi connectivity index (χ2n) is 3.31. The molecule has 1 rings (SSSR count). The molecule has 1 heterocycles. The van der Waals surface area contributed by atoms with Crippen LogP contribution in [0.1, 0.15) is 18.4 Å². The molecule has 0 aliphatic heterocycles. The number of methoxy groups -OCH3 is 1. The summed E-state index contributed by atoms with van der Waals surface area (Å²) in [6.45, 7) is 1.09. The first kappa shape index (κ1) is 12.2. The van der Waals surface area contributed by atoms with E-state index in [1.165, 1.54) is 10.8 Å². The van der Waals surface area contributed by atoms with E-state index in [1.54, 1.807) is 13.2 Å². The Balaban J connectivity index is 2.77. The average molecular weight is 223 g/mol. The smallest absolute Gasteiger partial charge is 0.328 e.